The summed E-state index contributed by atoms with van der Waals surface area (Å²) in [4.78, 5) is 0. The van der Waals surface area contributed by atoms with Gasteiger partial charge in [-0.3, -0.25) is 0 Å². The molecule has 9 heteroatoms. The van der Waals surface area contributed by atoms with Crippen molar-refractivity contribution in [3.8, 4) is 0 Å². The molecule has 186 valence electrons. The fourth-order valence-electron chi connectivity index (χ4n) is 5.16. The third-order valence-corrected chi connectivity index (χ3v) is 9.41. The fraction of sp³-hybridized carbons (Fsp3) is 0.111. The van der Waals surface area contributed by atoms with Crippen molar-refractivity contribution in [1.82, 2.24) is 0 Å². The van der Waals surface area contributed by atoms with E-state index in [-0.39, 0.29) is 0 Å². The molecule has 0 N–H and O–H groups in total. The van der Waals surface area contributed by atoms with Gasteiger partial charge in [0.25, 0.3) is 0 Å². The SMILES string of the molecule is CO[Si](OC)(OC)c1c(F)c(F)c([B-](c2ccccc2)(c2ccccc2)c2ccccc2)c(F)c1F. The van der Waals surface area contributed by atoms with E-state index in [2.05, 4.69) is 0 Å². The minimum Gasteiger partial charge on any atom is -0.373 e. The second kappa shape index (κ2) is 10.4. The Balaban J connectivity index is 2.23. The lowest BCUT2D eigenvalue weighted by Gasteiger charge is -2.44. The van der Waals surface area contributed by atoms with Crippen molar-refractivity contribution in [2.75, 3.05) is 21.3 Å². The summed E-state index contributed by atoms with van der Waals surface area (Å²) < 4.78 is 79.8. The van der Waals surface area contributed by atoms with Crippen LogP contribution in [-0.4, -0.2) is 36.3 Å². The van der Waals surface area contributed by atoms with E-state index in [1.807, 2.05) is 0 Å². The summed E-state index contributed by atoms with van der Waals surface area (Å²) in [5.74, 6) is -6.31. The smallest absolute Gasteiger partial charge is 0.373 e. The van der Waals surface area contributed by atoms with Crippen LogP contribution in [0.25, 0.3) is 0 Å². The van der Waals surface area contributed by atoms with E-state index in [9.17, 15) is 0 Å². The largest absolute Gasteiger partial charge is 0.542 e. The van der Waals surface area contributed by atoms with E-state index in [0.717, 1.165) is 21.3 Å². The zero-order valence-corrected chi connectivity index (χ0v) is 21.0. The third-order valence-electron chi connectivity index (χ3n) is 6.74. The highest BCUT2D eigenvalue weighted by Crippen LogP contribution is 2.21. The second-order valence-corrected chi connectivity index (χ2v) is 11.1. The van der Waals surface area contributed by atoms with E-state index < -0.39 is 48.9 Å². The van der Waals surface area contributed by atoms with Gasteiger partial charge >= 0.3 is 8.80 Å². The lowest BCUT2D eigenvalue weighted by atomic mass is 9.13. The average molecular weight is 511 g/mol. The van der Waals surface area contributed by atoms with Crippen LogP contribution in [0.1, 0.15) is 0 Å². The standard InChI is InChI=1S/C27H24BF4O3Si/c1-33-36(34-2,35-3)27-25(31)23(29)22(24(30)26(27)32)28(19-13-7-4-8-14-19,20-15-9-5-10-16-20)21-17-11-6-12-18-21/h4-18H,1-3H3/q-1. The molecule has 0 aliphatic heterocycles. The van der Waals surface area contributed by atoms with Crippen LogP contribution in [0, 0.1) is 23.3 Å². The average Bonchev–Trinajstić information content (AvgIpc) is 2.94. The Morgan fingerprint density at radius 3 is 1.08 bits per heavy atom. The van der Waals surface area contributed by atoms with Crippen LogP contribution in [0.2, 0.25) is 0 Å². The minimum absolute atomic E-state index is 0.480. The lowest BCUT2D eigenvalue weighted by molar-refractivity contribution is 0.138. The number of hydrogen-bond acceptors (Lipinski definition) is 3. The van der Waals surface area contributed by atoms with Gasteiger partial charge in [0.1, 0.15) is 17.8 Å². The molecule has 0 heterocycles. The Morgan fingerprint density at radius 2 is 0.806 bits per heavy atom. The maximum Gasteiger partial charge on any atom is 0.542 e. The number of halogens is 4. The molecule has 0 radical (unpaired) electrons. The number of rotatable bonds is 8. The van der Waals surface area contributed by atoms with E-state index in [4.69, 9.17) is 13.3 Å². The van der Waals surface area contributed by atoms with Crippen LogP contribution in [0.4, 0.5) is 17.6 Å². The van der Waals surface area contributed by atoms with E-state index in [1.54, 1.807) is 91.0 Å². The van der Waals surface area contributed by atoms with Crippen LogP contribution in [-0.2, 0) is 13.3 Å². The molecule has 4 aromatic rings. The summed E-state index contributed by atoms with van der Waals surface area (Å²) in [5, 5.41) is -1.02. The van der Waals surface area contributed by atoms with Gasteiger partial charge in [0, 0.05) is 21.3 Å². The highest BCUT2D eigenvalue weighted by Gasteiger charge is 2.50. The summed E-state index contributed by atoms with van der Waals surface area (Å²) in [7, 11) is -0.973. The Bertz CT molecular complexity index is 1200. The van der Waals surface area contributed by atoms with Gasteiger partial charge < -0.3 is 13.3 Å². The minimum atomic E-state index is -4.29. The molecule has 0 fully saturated rings. The van der Waals surface area contributed by atoms with Crippen molar-refractivity contribution in [2.45, 2.75) is 0 Å². The molecule has 0 atom stereocenters. The maximum atomic E-state index is 16.3. The molecule has 0 bridgehead atoms. The van der Waals surface area contributed by atoms with Crippen LogP contribution in [0.15, 0.2) is 91.0 Å². The molecule has 0 amide bonds. The third kappa shape index (κ3) is 3.88. The first-order valence-electron chi connectivity index (χ1n) is 11.2. The molecule has 4 rings (SSSR count). The molecule has 4 aromatic carbocycles. The molecule has 0 aliphatic rings. The monoisotopic (exact) mass is 511 g/mol. The number of benzene rings is 4. The molecule has 0 saturated heterocycles. The van der Waals surface area contributed by atoms with Crippen molar-refractivity contribution < 1.29 is 30.8 Å². The molecule has 0 spiro atoms. The second-order valence-electron chi connectivity index (χ2n) is 8.31. The molecule has 0 unspecified atom stereocenters. The predicted molar refractivity (Wildman–Crippen MR) is 136 cm³/mol. The normalized spacial score (nSPS) is 12.1. The van der Waals surface area contributed by atoms with Crippen LogP contribution in [0.3, 0.4) is 0 Å². The van der Waals surface area contributed by atoms with Crippen molar-refractivity contribution >= 4 is 42.0 Å². The van der Waals surface area contributed by atoms with Gasteiger partial charge in [-0.1, -0.05) is 91.0 Å². The molecule has 0 saturated carbocycles. The Labute approximate surface area is 208 Å². The Morgan fingerprint density at radius 1 is 0.500 bits per heavy atom. The van der Waals surface area contributed by atoms with Gasteiger partial charge in [0.15, 0.2) is 11.6 Å². The quantitative estimate of drug-likeness (QED) is 0.207. The summed E-state index contributed by atoms with van der Waals surface area (Å²) in [5.41, 5.74) is 0.706. The van der Waals surface area contributed by atoms with Crippen LogP contribution in [0.5, 0.6) is 0 Å². The molecule has 3 nitrogen and oxygen atoms in total. The van der Waals surface area contributed by atoms with E-state index >= 15 is 17.6 Å². The molecular weight excluding hydrogens is 487 g/mol. The first-order valence-corrected chi connectivity index (χ1v) is 13.0. The molecular formula is C27H24BF4O3Si-. The highest BCUT2D eigenvalue weighted by molar-refractivity contribution is 7.20. The molecule has 36 heavy (non-hydrogen) atoms. The van der Waals surface area contributed by atoms with Crippen LogP contribution < -0.4 is 27.0 Å². The lowest BCUT2D eigenvalue weighted by Crippen LogP contribution is -2.77. The zero-order chi connectivity index (χ0) is 25.9. The van der Waals surface area contributed by atoms with Crippen molar-refractivity contribution in [3.63, 3.8) is 0 Å². The van der Waals surface area contributed by atoms with Crippen LogP contribution >= 0.6 is 0 Å². The summed E-state index contributed by atoms with van der Waals surface area (Å²) in [6.07, 6.45) is -2.71. The molecule has 0 aliphatic carbocycles. The Hall–Kier alpha value is -3.24. The maximum absolute atomic E-state index is 16.3. The first kappa shape index (κ1) is 25.8. The fourth-order valence-corrected chi connectivity index (χ4v) is 7.03. The predicted octanol–water partition coefficient (Wildman–Crippen LogP) is 2.71. The van der Waals surface area contributed by atoms with Crippen molar-refractivity contribution in [3.05, 3.63) is 114 Å². The zero-order valence-electron chi connectivity index (χ0n) is 20.0. The summed E-state index contributed by atoms with van der Waals surface area (Å²) in [6.45, 7) is 0. The highest BCUT2D eigenvalue weighted by atomic mass is 28.4. The van der Waals surface area contributed by atoms with Gasteiger partial charge in [0.05, 0.1) is 5.19 Å². The summed E-state index contributed by atoms with van der Waals surface area (Å²) >= 11 is 0. The molecule has 0 aromatic heterocycles. The topological polar surface area (TPSA) is 27.7 Å². The van der Waals surface area contributed by atoms with Gasteiger partial charge in [-0.25, -0.2) is 17.6 Å². The Kier molecular flexibility index (Phi) is 7.46. The van der Waals surface area contributed by atoms with Gasteiger partial charge in [-0.2, -0.15) is 16.4 Å². The van der Waals surface area contributed by atoms with Crippen molar-refractivity contribution in [2.24, 2.45) is 0 Å². The van der Waals surface area contributed by atoms with E-state index in [1.165, 1.54) is 0 Å². The van der Waals surface area contributed by atoms with Gasteiger partial charge in [0.2, 0.25) is 0 Å². The van der Waals surface area contributed by atoms with Crippen molar-refractivity contribution in [1.29, 1.82) is 0 Å². The summed E-state index contributed by atoms with van der Waals surface area (Å²) in [6, 6.07) is 25.7. The van der Waals surface area contributed by atoms with E-state index in [0.29, 0.717) is 16.4 Å². The van der Waals surface area contributed by atoms with Gasteiger partial charge in [-0.15, -0.1) is 5.46 Å². The first-order chi connectivity index (χ1) is 17.4. The number of hydrogen-bond donors (Lipinski definition) is 0. The van der Waals surface area contributed by atoms with Gasteiger partial charge in [-0.05, 0) is 0 Å².